The maximum absolute atomic E-state index is 12.5. The van der Waals surface area contributed by atoms with Gasteiger partial charge in [-0.1, -0.05) is 114 Å². The van der Waals surface area contributed by atoms with Gasteiger partial charge in [0.05, 0.1) is 12.0 Å². The number of anilines is 2. The van der Waals surface area contributed by atoms with Crippen molar-refractivity contribution in [2.24, 2.45) is 0 Å². The summed E-state index contributed by atoms with van der Waals surface area (Å²) in [5.74, 6) is -0.314. The molecule has 2 aliphatic rings. The van der Waals surface area contributed by atoms with Gasteiger partial charge in [-0.25, -0.2) is 0 Å². The van der Waals surface area contributed by atoms with Crippen LogP contribution in [0.2, 0.25) is 0 Å². The van der Waals surface area contributed by atoms with Crippen LogP contribution in [0.25, 0.3) is 6.08 Å². The molecule has 0 heterocycles. The molecular formula is C49H58N2O5. The van der Waals surface area contributed by atoms with E-state index in [9.17, 15) is 24.0 Å². The van der Waals surface area contributed by atoms with Crippen LogP contribution >= 0.6 is 0 Å². The lowest BCUT2D eigenvalue weighted by molar-refractivity contribution is 0.0918. The van der Waals surface area contributed by atoms with E-state index >= 15 is 0 Å². The fourth-order valence-electron chi connectivity index (χ4n) is 6.70. The van der Waals surface area contributed by atoms with E-state index in [1.165, 1.54) is 62.7 Å². The quantitative estimate of drug-likeness (QED) is 0.0487. The predicted molar refractivity (Wildman–Crippen MR) is 230 cm³/mol. The molecule has 7 heteroatoms. The van der Waals surface area contributed by atoms with Gasteiger partial charge >= 0.3 is 0 Å². The van der Waals surface area contributed by atoms with E-state index < -0.39 is 0 Å². The van der Waals surface area contributed by atoms with Gasteiger partial charge in [-0.05, 0) is 80.6 Å². The molecule has 6 rings (SSSR count). The molecule has 0 bridgehead atoms. The van der Waals surface area contributed by atoms with E-state index in [1.807, 2.05) is 24.3 Å². The Morgan fingerprint density at radius 1 is 0.518 bits per heavy atom. The molecule has 0 radical (unpaired) electrons. The number of fused-ring (bicyclic) bond motifs is 2. The second-order valence-electron chi connectivity index (χ2n) is 14.4. The zero-order valence-corrected chi connectivity index (χ0v) is 33.9. The van der Waals surface area contributed by atoms with E-state index in [1.54, 1.807) is 61.5 Å². The number of nitrogens with zero attached hydrogens (tertiary/aromatic N) is 2. The Balaban J connectivity index is 0.000000205. The molecule has 7 nitrogen and oxygen atoms in total. The Morgan fingerprint density at radius 3 is 1.23 bits per heavy atom. The van der Waals surface area contributed by atoms with E-state index in [0.717, 1.165) is 37.3 Å². The number of ketones is 5. The Labute approximate surface area is 333 Å². The van der Waals surface area contributed by atoms with Gasteiger partial charge in [0.15, 0.2) is 28.9 Å². The molecule has 0 spiro atoms. The lowest BCUT2D eigenvalue weighted by Gasteiger charge is -2.24. The molecule has 0 N–H and O–H groups in total. The highest BCUT2D eigenvalue weighted by Crippen LogP contribution is 2.28. The van der Waals surface area contributed by atoms with Crippen LogP contribution in [0.5, 0.6) is 0 Å². The van der Waals surface area contributed by atoms with Crippen LogP contribution in [-0.2, 0) is 0 Å². The number of Topliss-reactive ketones (excluding diaryl/α,β-unsaturated/α-hetero) is 5. The zero-order valence-electron chi connectivity index (χ0n) is 33.9. The molecule has 0 amide bonds. The third-order valence-corrected chi connectivity index (χ3v) is 10.1. The minimum atomic E-state index is -0.174. The summed E-state index contributed by atoms with van der Waals surface area (Å²) in [6, 6.07) is 30.2. The maximum atomic E-state index is 12.5. The molecular weight excluding hydrogens is 697 g/mol. The fourth-order valence-corrected chi connectivity index (χ4v) is 6.70. The van der Waals surface area contributed by atoms with Gasteiger partial charge in [0.1, 0.15) is 0 Å². The van der Waals surface area contributed by atoms with Gasteiger partial charge in [-0.15, -0.1) is 0 Å². The lowest BCUT2D eigenvalue weighted by Crippen LogP contribution is -2.25. The van der Waals surface area contributed by atoms with Gasteiger partial charge < -0.3 is 9.80 Å². The van der Waals surface area contributed by atoms with Gasteiger partial charge in [0.2, 0.25) is 0 Å². The number of allylic oxidation sites excluding steroid dienone is 1. The van der Waals surface area contributed by atoms with E-state index in [2.05, 4.69) is 61.8 Å². The van der Waals surface area contributed by atoms with Crippen LogP contribution in [0, 0.1) is 0 Å². The first-order valence-electron chi connectivity index (χ1n) is 20.4. The van der Waals surface area contributed by atoms with Gasteiger partial charge in [-0.2, -0.15) is 0 Å². The van der Waals surface area contributed by atoms with Gasteiger partial charge in [0.25, 0.3) is 0 Å². The average molecular weight is 755 g/mol. The summed E-state index contributed by atoms with van der Waals surface area (Å²) < 4.78 is 0. The normalized spacial score (nSPS) is 12.6. The van der Waals surface area contributed by atoms with Crippen molar-refractivity contribution in [3.05, 3.63) is 136 Å². The Morgan fingerprint density at radius 2 is 0.875 bits per heavy atom. The van der Waals surface area contributed by atoms with Crippen LogP contribution < -0.4 is 9.80 Å². The van der Waals surface area contributed by atoms with Crippen LogP contribution in [0.15, 0.2) is 103 Å². The molecule has 4 aromatic rings. The van der Waals surface area contributed by atoms with Crippen molar-refractivity contribution in [2.75, 3.05) is 36.0 Å². The SMILES string of the molecule is CCCCN(CCCC)c1ccc(C(C)=O)cc1.CCCCN(CCCC)c1ccc(C=C2C(=O)c3ccccc3C2=O)cc1.O=C1CC(=O)c2ccccc21. The number of hydrogen-bond acceptors (Lipinski definition) is 7. The van der Waals surface area contributed by atoms with Gasteiger partial charge in [0, 0.05) is 65.4 Å². The highest BCUT2D eigenvalue weighted by molar-refractivity contribution is 6.41. The summed E-state index contributed by atoms with van der Waals surface area (Å²) in [5.41, 5.74) is 6.56. The number of rotatable bonds is 16. The third kappa shape index (κ3) is 11.8. The topological polar surface area (TPSA) is 91.8 Å². The van der Waals surface area contributed by atoms with Crippen molar-refractivity contribution in [2.45, 2.75) is 92.4 Å². The Bertz CT molecular complexity index is 1890. The first kappa shape index (κ1) is 43.3. The highest BCUT2D eigenvalue weighted by Gasteiger charge is 2.32. The number of benzene rings is 4. The van der Waals surface area contributed by atoms with Crippen molar-refractivity contribution in [1.82, 2.24) is 0 Å². The number of carbonyl (C=O) groups is 5. The van der Waals surface area contributed by atoms with Crippen molar-refractivity contribution in [1.29, 1.82) is 0 Å². The van der Waals surface area contributed by atoms with Crippen LogP contribution in [0.1, 0.15) is 150 Å². The highest BCUT2D eigenvalue weighted by atomic mass is 16.2. The largest absolute Gasteiger partial charge is 0.372 e. The van der Waals surface area contributed by atoms with Crippen molar-refractivity contribution >= 4 is 46.4 Å². The third-order valence-electron chi connectivity index (χ3n) is 10.1. The predicted octanol–water partition coefficient (Wildman–Crippen LogP) is 11.3. The molecule has 4 aromatic carbocycles. The first-order chi connectivity index (χ1) is 27.1. The molecule has 0 aromatic heterocycles. The summed E-state index contributed by atoms with van der Waals surface area (Å²) in [7, 11) is 0. The summed E-state index contributed by atoms with van der Waals surface area (Å²) in [6.45, 7) is 14.8. The van der Waals surface area contributed by atoms with Crippen molar-refractivity contribution in [3.63, 3.8) is 0 Å². The monoisotopic (exact) mass is 754 g/mol. The fraction of sp³-hybridized carbons (Fsp3) is 0.367. The second-order valence-corrected chi connectivity index (χ2v) is 14.4. The Hall–Kier alpha value is -5.43. The zero-order chi connectivity index (χ0) is 40.5. The maximum Gasteiger partial charge on any atom is 0.197 e. The standard InChI is InChI=1S/C24H27NO2.C16H25NO.C9H6O2/c1-3-5-15-25(16-6-4-2)19-13-11-18(12-14-19)17-22-23(26)20-9-7-8-10-21(20)24(22)27;1-4-6-12-17(13-7-5-2)16-10-8-15(9-11-16)14(3)18;10-8-5-9(11)7-4-2-1-3-6(7)8/h7-14,17H,3-6,15-16H2,1-2H3;8-11H,4-7,12-13H2,1-3H3;1-4H,5H2. The van der Waals surface area contributed by atoms with E-state index in [0.29, 0.717) is 22.3 Å². The smallest absolute Gasteiger partial charge is 0.197 e. The van der Waals surface area contributed by atoms with Crippen LogP contribution in [0.4, 0.5) is 11.4 Å². The van der Waals surface area contributed by atoms with Crippen molar-refractivity contribution in [3.8, 4) is 0 Å². The van der Waals surface area contributed by atoms with Crippen molar-refractivity contribution < 1.29 is 24.0 Å². The summed E-state index contributed by atoms with van der Waals surface area (Å²) in [4.78, 5) is 63.3. The summed E-state index contributed by atoms with van der Waals surface area (Å²) in [6.07, 6.45) is 11.4. The molecule has 2 aliphatic carbocycles. The minimum absolute atomic E-state index is 0.0504. The molecule has 0 saturated carbocycles. The molecule has 0 saturated heterocycles. The van der Waals surface area contributed by atoms with E-state index in [4.69, 9.17) is 0 Å². The van der Waals surface area contributed by atoms with Crippen LogP contribution in [-0.4, -0.2) is 55.1 Å². The average Bonchev–Trinajstić information content (AvgIpc) is 3.65. The summed E-state index contributed by atoms with van der Waals surface area (Å²) in [5, 5.41) is 0. The number of unbranched alkanes of at least 4 members (excludes halogenated alkanes) is 4. The first-order valence-corrected chi connectivity index (χ1v) is 20.4. The lowest BCUT2D eigenvalue weighted by atomic mass is 10.1. The van der Waals surface area contributed by atoms with Gasteiger partial charge in [-0.3, -0.25) is 24.0 Å². The summed E-state index contributed by atoms with van der Waals surface area (Å²) >= 11 is 0. The molecule has 294 valence electrons. The number of carbonyl (C=O) groups excluding carboxylic acids is 5. The van der Waals surface area contributed by atoms with E-state index in [-0.39, 0.29) is 40.9 Å². The molecule has 0 aliphatic heterocycles. The molecule has 0 fully saturated rings. The number of hydrogen-bond donors (Lipinski definition) is 0. The molecule has 56 heavy (non-hydrogen) atoms. The minimum Gasteiger partial charge on any atom is -0.372 e. The Kier molecular flexibility index (Phi) is 17.2. The second kappa shape index (κ2) is 22.2. The molecule has 0 unspecified atom stereocenters. The molecule has 0 atom stereocenters. The van der Waals surface area contributed by atoms with Crippen LogP contribution in [0.3, 0.4) is 0 Å².